The lowest BCUT2D eigenvalue weighted by atomic mass is 10.0. The maximum absolute atomic E-state index is 4.43. The van der Waals surface area contributed by atoms with Crippen molar-refractivity contribution >= 4 is 11.3 Å². The minimum atomic E-state index is 0.594. The van der Waals surface area contributed by atoms with E-state index in [2.05, 4.69) is 36.5 Å². The zero-order valence-corrected chi connectivity index (χ0v) is 11.0. The molecule has 86 valence electrons. The first-order valence-electron chi connectivity index (χ1n) is 5.72. The van der Waals surface area contributed by atoms with Gasteiger partial charge in [0.15, 0.2) is 0 Å². The van der Waals surface area contributed by atoms with Gasteiger partial charge in [0.1, 0.15) is 5.01 Å². The predicted molar refractivity (Wildman–Crippen MR) is 67.2 cm³/mol. The van der Waals surface area contributed by atoms with Crippen molar-refractivity contribution in [1.82, 2.24) is 10.3 Å². The quantitative estimate of drug-likeness (QED) is 0.804. The van der Waals surface area contributed by atoms with Crippen LogP contribution in [-0.4, -0.2) is 11.0 Å². The van der Waals surface area contributed by atoms with Crippen molar-refractivity contribution in [2.75, 3.05) is 0 Å². The number of aryl methyl sites for hydroxylation is 1. The first-order chi connectivity index (χ1) is 7.08. The zero-order valence-electron chi connectivity index (χ0n) is 10.2. The fourth-order valence-corrected chi connectivity index (χ4v) is 2.15. The topological polar surface area (TPSA) is 24.9 Å². The van der Waals surface area contributed by atoms with Gasteiger partial charge in [0, 0.05) is 23.7 Å². The van der Waals surface area contributed by atoms with E-state index >= 15 is 0 Å². The molecule has 1 heterocycles. The minimum Gasteiger partial charge on any atom is -0.308 e. The summed E-state index contributed by atoms with van der Waals surface area (Å²) >= 11 is 1.74. The van der Waals surface area contributed by atoms with E-state index in [1.807, 2.05) is 6.92 Å². The summed E-state index contributed by atoms with van der Waals surface area (Å²) in [5.41, 5.74) is 1.13. The summed E-state index contributed by atoms with van der Waals surface area (Å²) in [6.07, 6.45) is 2.55. The molecule has 1 aromatic heterocycles. The molecule has 0 spiro atoms. The third-order valence-electron chi connectivity index (χ3n) is 2.45. The Morgan fingerprint density at radius 1 is 1.33 bits per heavy atom. The highest BCUT2D eigenvalue weighted by atomic mass is 32.1. The lowest BCUT2D eigenvalue weighted by molar-refractivity contribution is 0.450. The molecule has 0 aliphatic rings. The summed E-state index contributed by atoms with van der Waals surface area (Å²) < 4.78 is 0. The Kier molecular flexibility index (Phi) is 5.26. The van der Waals surface area contributed by atoms with Gasteiger partial charge in [-0.2, -0.15) is 0 Å². The molecule has 0 fully saturated rings. The Morgan fingerprint density at radius 2 is 2.07 bits per heavy atom. The van der Waals surface area contributed by atoms with Crippen LogP contribution in [0.1, 0.15) is 44.3 Å². The Balaban J connectivity index is 2.19. The van der Waals surface area contributed by atoms with E-state index in [9.17, 15) is 0 Å². The Morgan fingerprint density at radius 3 is 2.60 bits per heavy atom. The molecule has 1 rings (SSSR count). The molecule has 0 aromatic carbocycles. The molecular formula is C12H22N2S. The van der Waals surface area contributed by atoms with Gasteiger partial charge in [-0.25, -0.2) is 4.98 Å². The van der Waals surface area contributed by atoms with Gasteiger partial charge in [-0.05, 0) is 32.6 Å². The maximum Gasteiger partial charge on any atom is 0.107 e. The van der Waals surface area contributed by atoms with Crippen LogP contribution in [0, 0.1) is 12.8 Å². The Labute approximate surface area is 97.1 Å². The van der Waals surface area contributed by atoms with Gasteiger partial charge in [0.2, 0.25) is 0 Å². The monoisotopic (exact) mass is 226 g/mol. The maximum atomic E-state index is 4.43. The van der Waals surface area contributed by atoms with Gasteiger partial charge in [-0.15, -0.1) is 11.3 Å². The fraction of sp³-hybridized carbons (Fsp3) is 0.750. The number of hydrogen-bond donors (Lipinski definition) is 1. The van der Waals surface area contributed by atoms with Gasteiger partial charge in [0.05, 0.1) is 0 Å². The van der Waals surface area contributed by atoms with Crippen molar-refractivity contribution in [2.24, 2.45) is 5.92 Å². The summed E-state index contributed by atoms with van der Waals surface area (Å²) in [6, 6.07) is 0.594. The summed E-state index contributed by atoms with van der Waals surface area (Å²) in [6.45, 7) is 9.76. The Hall–Kier alpha value is -0.410. The highest BCUT2D eigenvalue weighted by Gasteiger charge is 2.04. The average molecular weight is 226 g/mol. The summed E-state index contributed by atoms with van der Waals surface area (Å²) in [7, 11) is 0. The first-order valence-corrected chi connectivity index (χ1v) is 6.60. The van der Waals surface area contributed by atoms with E-state index < -0.39 is 0 Å². The van der Waals surface area contributed by atoms with Gasteiger partial charge in [-0.3, -0.25) is 0 Å². The molecule has 1 N–H and O–H groups in total. The third-order valence-corrected chi connectivity index (χ3v) is 3.41. The average Bonchev–Trinajstić information content (AvgIpc) is 2.58. The fourth-order valence-electron chi connectivity index (χ4n) is 1.43. The smallest absolute Gasteiger partial charge is 0.107 e. The van der Waals surface area contributed by atoms with E-state index in [1.54, 1.807) is 11.3 Å². The summed E-state index contributed by atoms with van der Waals surface area (Å²) in [5.74, 6) is 0.802. The SMILES string of the molecule is Cc1csc(CNC(C)CCC(C)C)n1. The van der Waals surface area contributed by atoms with E-state index in [0.29, 0.717) is 6.04 Å². The van der Waals surface area contributed by atoms with Gasteiger partial charge >= 0.3 is 0 Å². The van der Waals surface area contributed by atoms with E-state index in [0.717, 1.165) is 18.2 Å². The van der Waals surface area contributed by atoms with Crippen LogP contribution in [0.3, 0.4) is 0 Å². The normalized spacial score (nSPS) is 13.4. The highest BCUT2D eigenvalue weighted by Crippen LogP contribution is 2.10. The minimum absolute atomic E-state index is 0.594. The third kappa shape index (κ3) is 5.28. The van der Waals surface area contributed by atoms with Crippen molar-refractivity contribution in [3.63, 3.8) is 0 Å². The standard InChI is InChI=1S/C12H22N2S/c1-9(2)5-6-10(3)13-7-12-14-11(4)8-15-12/h8-10,13H,5-7H2,1-4H3. The number of rotatable bonds is 6. The van der Waals surface area contributed by atoms with Crippen LogP contribution in [0.5, 0.6) is 0 Å². The molecule has 0 bridgehead atoms. The molecule has 1 unspecified atom stereocenters. The molecule has 2 nitrogen and oxygen atoms in total. The second-order valence-corrected chi connectivity index (χ2v) is 5.58. The summed E-state index contributed by atoms with van der Waals surface area (Å²) in [4.78, 5) is 4.43. The molecule has 15 heavy (non-hydrogen) atoms. The number of thiazole rings is 1. The van der Waals surface area contributed by atoms with Gasteiger partial charge < -0.3 is 5.32 Å². The van der Waals surface area contributed by atoms with Crippen molar-refractivity contribution < 1.29 is 0 Å². The molecule has 0 saturated heterocycles. The largest absolute Gasteiger partial charge is 0.308 e. The highest BCUT2D eigenvalue weighted by molar-refractivity contribution is 7.09. The van der Waals surface area contributed by atoms with Crippen molar-refractivity contribution in [3.8, 4) is 0 Å². The van der Waals surface area contributed by atoms with Crippen LogP contribution < -0.4 is 5.32 Å². The summed E-state index contributed by atoms with van der Waals surface area (Å²) in [5, 5.41) is 6.82. The first kappa shape index (κ1) is 12.7. The van der Waals surface area contributed by atoms with Crippen molar-refractivity contribution in [1.29, 1.82) is 0 Å². The van der Waals surface area contributed by atoms with Crippen LogP contribution >= 0.6 is 11.3 Å². The van der Waals surface area contributed by atoms with Crippen LogP contribution in [-0.2, 0) is 6.54 Å². The number of hydrogen-bond acceptors (Lipinski definition) is 3. The van der Waals surface area contributed by atoms with Crippen LogP contribution in [0.2, 0.25) is 0 Å². The number of nitrogens with one attached hydrogen (secondary N) is 1. The molecular weight excluding hydrogens is 204 g/mol. The molecule has 0 saturated carbocycles. The van der Waals surface area contributed by atoms with Gasteiger partial charge in [0.25, 0.3) is 0 Å². The van der Waals surface area contributed by atoms with E-state index in [1.165, 1.54) is 17.8 Å². The molecule has 0 aliphatic carbocycles. The molecule has 0 aliphatic heterocycles. The van der Waals surface area contributed by atoms with Crippen molar-refractivity contribution in [2.45, 2.75) is 53.1 Å². The lowest BCUT2D eigenvalue weighted by Gasteiger charge is -2.13. The second kappa shape index (κ2) is 6.23. The van der Waals surface area contributed by atoms with E-state index in [-0.39, 0.29) is 0 Å². The predicted octanol–water partition coefficient (Wildman–Crippen LogP) is 3.37. The lowest BCUT2D eigenvalue weighted by Crippen LogP contribution is -2.25. The zero-order chi connectivity index (χ0) is 11.3. The molecule has 0 amide bonds. The molecule has 3 heteroatoms. The number of nitrogens with zero attached hydrogens (tertiary/aromatic N) is 1. The van der Waals surface area contributed by atoms with E-state index in [4.69, 9.17) is 0 Å². The van der Waals surface area contributed by atoms with Crippen LogP contribution in [0.4, 0.5) is 0 Å². The molecule has 1 aromatic rings. The molecule has 1 atom stereocenters. The van der Waals surface area contributed by atoms with Crippen LogP contribution in [0.15, 0.2) is 5.38 Å². The second-order valence-electron chi connectivity index (χ2n) is 4.64. The van der Waals surface area contributed by atoms with Gasteiger partial charge in [-0.1, -0.05) is 13.8 Å². The molecule has 0 radical (unpaired) electrons. The Bertz CT molecular complexity index is 281. The van der Waals surface area contributed by atoms with Crippen molar-refractivity contribution in [3.05, 3.63) is 16.1 Å². The van der Waals surface area contributed by atoms with Crippen LogP contribution in [0.25, 0.3) is 0 Å². The number of aromatic nitrogens is 1.